The molecule has 0 aliphatic carbocycles. The number of rotatable bonds is 6. The average Bonchev–Trinajstić information content (AvgIpc) is 2.62. The summed E-state index contributed by atoms with van der Waals surface area (Å²) >= 11 is 0. The lowest BCUT2D eigenvalue weighted by Gasteiger charge is -2.26. The minimum Gasteiger partial charge on any atom is -0.376 e. The van der Waals surface area contributed by atoms with E-state index in [2.05, 4.69) is 25.6 Å². The molecule has 0 amide bonds. The average molecular weight is 333 g/mol. The third-order valence-corrected chi connectivity index (χ3v) is 3.98. The fraction of sp³-hybridized carbons (Fsp3) is 0.211. The van der Waals surface area contributed by atoms with E-state index in [0.717, 1.165) is 24.3 Å². The van der Waals surface area contributed by atoms with E-state index < -0.39 is 0 Å². The van der Waals surface area contributed by atoms with Crippen LogP contribution in [0, 0.1) is 0 Å². The molecule has 126 valence electrons. The zero-order chi connectivity index (χ0) is 16.9. The lowest BCUT2D eigenvalue weighted by molar-refractivity contribution is -0.0411. The van der Waals surface area contributed by atoms with Crippen LogP contribution in [0.15, 0.2) is 60.7 Å². The Morgan fingerprint density at radius 1 is 0.880 bits per heavy atom. The highest BCUT2D eigenvalue weighted by Gasteiger charge is 2.18. The molecule has 1 fully saturated rings. The van der Waals surface area contributed by atoms with Crippen LogP contribution in [0.2, 0.25) is 0 Å². The molecule has 1 unspecified atom stereocenters. The summed E-state index contributed by atoms with van der Waals surface area (Å²) in [6.45, 7) is 1.53. The molecule has 3 aromatic rings. The van der Waals surface area contributed by atoms with Gasteiger partial charge in [0.05, 0.1) is 6.10 Å². The monoisotopic (exact) mass is 333 g/mol. The summed E-state index contributed by atoms with van der Waals surface area (Å²) in [6, 6.07) is 19.7. The van der Waals surface area contributed by atoms with E-state index in [-0.39, 0.29) is 6.10 Å². The maximum absolute atomic E-state index is 5.44. The van der Waals surface area contributed by atoms with Crippen LogP contribution >= 0.6 is 0 Å². The van der Waals surface area contributed by atoms with Crippen LogP contribution in [0.1, 0.15) is 6.42 Å². The Labute approximate surface area is 146 Å². The topological polar surface area (TPSA) is 72.0 Å². The minimum absolute atomic E-state index is 0.238. The molecule has 6 heteroatoms. The van der Waals surface area contributed by atoms with Crippen LogP contribution in [0.3, 0.4) is 0 Å². The lowest BCUT2D eigenvalue weighted by atomic mass is 10.2. The highest BCUT2D eigenvalue weighted by molar-refractivity contribution is 5.60. The van der Waals surface area contributed by atoms with Crippen molar-refractivity contribution >= 4 is 17.6 Å². The van der Waals surface area contributed by atoms with Gasteiger partial charge in [0.2, 0.25) is 11.9 Å². The van der Waals surface area contributed by atoms with Crippen molar-refractivity contribution in [2.24, 2.45) is 0 Å². The van der Waals surface area contributed by atoms with E-state index in [0.29, 0.717) is 24.3 Å². The molecule has 6 nitrogen and oxygen atoms in total. The quantitative estimate of drug-likeness (QED) is 0.719. The molecule has 2 N–H and O–H groups in total. The van der Waals surface area contributed by atoms with Gasteiger partial charge in [-0.2, -0.15) is 15.0 Å². The van der Waals surface area contributed by atoms with Crippen molar-refractivity contribution in [1.82, 2.24) is 15.0 Å². The van der Waals surface area contributed by atoms with Gasteiger partial charge in [0.25, 0.3) is 0 Å². The molecule has 0 radical (unpaired) electrons. The van der Waals surface area contributed by atoms with E-state index in [1.807, 2.05) is 60.7 Å². The SMILES string of the molecule is c1ccc(Nc2nc(NCC3CCO3)nc(-c3ccccc3)n2)cc1. The van der Waals surface area contributed by atoms with Crippen LogP contribution in [0.5, 0.6) is 0 Å². The molecule has 1 aliphatic heterocycles. The number of nitrogens with one attached hydrogen (secondary N) is 2. The van der Waals surface area contributed by atoms with E-state index in [4.69, 9.17) is 4.74 Å². The number of benzene rings is 2. The zero-order valence-electron chi connectivity index (χ0n) is 13.7. The normalized spacial score (nSPS) is 16.1. The van der Waals surface area contributed by atoms with Gasteiger partial charge in [-0.15, -0.1) is 0 Å². The van der Waals surface area contributed by atoms with Gasteiger partial charge < -0.3 is 15.4 Å². The zero-order valence-corrected chi connectivity index (χ0v) is 13.7. The van der Waals surface area contributed by atoms with Crippen molar-refractivity contribution in [1.29, 1.82) is 0 Å². The summed E-state index contributed by atoms with van der Waals surface area (Å²) in [6.07, 6.45) is 1.31. The van der Waals surface area contributed by atoms with Crippen LogP contribution in [0.4, 0.5) is 17.6 Å². The van der Waals surface area contributed by atoms with Crippen molar-refractivity contribution < 1.29 is 4.74 Å². The van der Waals surface area contributed by atoms with E-state index in [1.165, 1.54) is 0 Å². The summed E-state index contributed by atoms with van der Waals surface area (Å²) in [7, 11) is 0. The Morgan fingerprint density at radius 3 is 2.24 bits per heavy atom. The van der Waals surface area contributed by atoms with Crippen molar-refractivity contribution in [2.75, 3.05) is 23.8 Å². The number of hydrogen-bond acceptors (Lipinski definition) is 6. The number of ether oxygens (including phenoxy) is 1. The second-order valence-corrected chi connectivity index (χ2v) is 5.83. The number of anilines is 3. The highest BCUT2D eigenvalue weighted by atomic mass is 16.5. The van der Waals surface area contributed by atoms with Gasteiger partial charge in [-0.05, 0) is 18.6 Å². The third kappa shape index (κ3) is 3.92. The largest absolute Gasteiger partial charge is 0.376 e. The predicted molar refractivity (Wildman–Crippen MR) is 97.8 cm³/mol. The third-order valence-electron chi connectivity index (χ3n) is 3.98. The van der Waals surface area contributed by atoms with Gasteiger partial charge in [-0.25, -0.2) is 0 Å². The maximum atomic E-state index is 5.44. The molecule has 0 bridgehead atoms. The van der Waals surface area contributed by atoms with Crippen LogP contribution in [-0.2, 0) is 4.74 Å². The van der Waals surface area contributed by atoms with Crippen molar-refractivity contribution in [3.8, 4) is 11.4 Å². The first-order valence-corrected chi connectivity index (χ1v) is 8.36. The molecule has 1 saturated heterocycles. The smallest absolute Gasteiger partial charge is 0.232 e. The number of para-hydroxylation sites is 1. The fourth-order valence-corrected chi connectivity index (χ4v) is 2.53. The Morgan fingerprint density at radius 2 is 1.56 bits per heavy atom. The molecule has 2 heterocycles. The van der Waals surface area contributed by atoms with Crippen molar-refractivity contribution in [3.05, 3.63) is 60.7 Å². The Bertz CT molecular complexity index is 822. The van der Waals surface area contributed by atoms with Crippen molar-refractivity contribution in [2.45, 2.75) is 12.5 Å². The molecule has 2 aromatic carbocycles. The first-order valence-electron chi connectivity index (χ1n) is 8.36. The Balaban J connectivity index is 1.62. The van der Waals surface area contributed by atoms with E-state index in [9.17, 15) is 0 Å². The maximum Gasteiger partial charge on any atom is 0.232 e. The molecule has 0 saturated carbocycles. The number of aromatic nitrogens is 3. The molecule has 0 spiro atoms. The molecule has 1 atom stereocenters. The number of hydrogen-bond donors (Lipinski definition) is 2. The molecule has 1 aromatic heterocycles. The first-order chi connectivity index (χ1) is 12.4. The van der Waals surface area contributed by atoms with Gasteiger partial charge in [0, 0.05) is 24.4 Å². The molecular weight excluding hydrogens is 314 g/mol. The summed E-state index contributed by atoms with van der Waals surface area (Å²) in [5, 5.41) is 6.49. The van der Waals surface area contributed by atoms with Crippen LogP contribution < -0.4 is 10.6 Å². The van der Waals surface area contributed by atoms with Gasteiger partial charge in [-0.3, -0.25) is 0 Å². The second-order valence-electron chi connectivity index (χ2n) is 5.83. The van der Waals surface area contributed by atoms with E-state index >= 15 is 0 Å². The van der Waals surface area contributed by atoms with Gasteiger partial charge in [-0.1, -0.05) is 48.5 Å². The summed E-state index contributed by atoms with van der Waals surface area (Å²) in [5.74, 6) is 1.69. The van der Waals surface area contributed by atoms with Gasteiger partial charge >= 0.3 is 0 Å². The standard InChI is InChI=1S/C19H19N5O/c1-3-7-14(8-4-1)17-22-18(20-13-16-11-12-25-16)24-19(23-17)21-15-9-5-2-6-10-15/h1-10,16H,11-13H2,(H2,20,21,22,23,24). The van der Waals surface area contributed by atoms with Crippen molar-refractivity contribution in [3.63, 3.8) is 0 Å². The molecular formula is C19H19N5O. The predicted octanol–water partition coefficient (Wildman–Crippen LogP) is 3.48. The Kier molecular flexibility index (Phi) is 4.52. The number of nitrogens with zero attached hydrogens (tertiary/aromatic N) is 3. The van der Waals surface area contributed by atoms with Gasteiger partial charge in [0.15, 0.2) is 5.82 Å². The van der Waals surface area contributed by atoms with Gasteiger partial charge in [0.1, 0.15) is 0 Å². The van der Waals surface area contributed by atoms with E-state index in [1.54, 1.807) is 0 Å². The summed E-state index contributed by atoms with van der Waals surface area (Å²) in [5.41, 5.74) is 1.88. The molecule has 25 heavy (non-hydrogen) atoms. The summed E-state index contributed by atoms with van der Waals surface area (Å²) < 4.78 is 5.44. The lowest BCUT2D eigenvalue weighted by Crippen LogP contribution is -2.33. The Hall–Kier alpha value is -2.99. The first kappa shape index (κ1) is 15.5. The minimum atomic E-state index is 0.238. The fourth-order valence-electron chi connectivity index (χ4n) is 2.53. The van der Waals surface area contributed by atoms with Crippen LogP contribution in [0.25, 0.3) is 11.4 Å². The summed E-state index contributed by atoms with van der Waals surface area (Å²) in [4.78, 5) is 13.6. The second kappa shape index (κ2) is 7.27. The van der Waals surface area contributed by atoms with Crippen LogP contribution in [-0.4, -0.2) is 34.2 Å². The molecule has 1 aliphatic rings. The highest BCUT2D eigenvalue weighted by Crippen LogP contribution is 2.20. The molecule has 4 rings (SSSR count).